The number of nitrogens with zero attached hydrogens (tertiary/aromatic N) is 1. The van der Waals surface area contributed by atoms with Gasteiger partial charge in [0.25, 0.3) is 5.91 Å². The van der Waals surface area contributed by atoms with Gasteiger partial charge in [-0.2, -0.15) is 11.3 Å². The maximum atomic E-state index is 11.8. The monoisotopic (exact) mass is 262 g/mol. The fourth-order valence-corrected chi connectivity index (χ4v) is 3.02. The van der Waals surface area contributed by atoms with Crippen molar-refractivity contribution < 1.29 is 4.79 Å². The van der Waals surface area contributed by atoms with Gasteiger partial charge in [0.15, 0.2) is 0 Å². The Morgan fingerprint density at radius 1 is 1.65 bits per heavy atom. The maximum absolute atomic E-state index is 11.8. The Labute approximate surface area is 108 Å². The van der Waals surface area contributed by atoms with Crippen molar-refractivity contribution in [1.29, 1.82) is 0 Å². The average molecular weight is 262 g/mol. The molecule has 2 heterocycles. The minimum Gasteiger partial charge on any atom is -0.340 e. The fourth-order valence-electron chi connectivity index (χ4n) is 1.33. The molecule has 2 aromatic rings. The van der Waals surface area contributed by atoms with Crippen LogP contribution in [-0.4, -0.2) is 17.4 Å². The lowest BCUT2D eigenvalue weighted by Crippen LogP contribution is -2.23. The normalized spacial score (nSPS) is 9.88. The van der Waals surface area contributed by atoms with E-state index in [1.54, 1.807) is 11.3 Å². The molecule has 0 aromatic carbocycles. The second kappa shape index (κ2) is 5.13. The van der Waals surface area contributed by atoms with Gasteiger partial charge in [0, 0.05) is 10.9 Å². The molecule has 0 unspecified atom stereocenters. The number of terminal acetylenes is 1. The van der Waals surface area contributed by atoms with Gasteiger partial charge in [-0.15, -0.1) is 17.8 Å². The van der Waals surface area contributed by atoms with Crippen molar-refractivity contribution in [3.8, 4) is 22.9 Å². The molecule has 0 aliphatic heterocycles. The van der Waals surface area contributed by atoms with Crippen molar-refractivity contribution in [3.63, 3.8) is 0 Å². The Hall–Kier alpha value is -1.64. The number of aryl methyl sites for hydroxylation is 1. The summed E-state index contributed by atoms with van der Waals surface area (Å²) in [5, 5.41) is 7.52. The third kappa shape index (κ3) is 2.54. The van der Waals surface area contributed by atoms with E-state index < -0.39 is 0 Å². The highest BCUT2D eigenvalue weighted by molar-refractivity contribution is 7.17. The Balaban J connectivity index is 2.26. The van der Waals surface area contributed by atoms with E-state index in [1.165, 1.54) is 11.3 Å². The van der Waals surface area contributed by atoms with Crippen LogP contribution in [0.15, 0.2) is 16.8 Å². The van der Waals surface area contributed by atoms with E-state index in [0.29, 0.717) is 4.88 Å². The van der Waals surface area contributed by atoms with Crippen molar-refractivity contribution in [2.24, 2.45) is 0 Å². The molecule has 3 nitrogen and oxygen atoms in total. The predicted molar refractivity (Wildman–Crippen MR) is 71.3 cm³/mol. The third-order valence-electron chi connectivity index (χ3n) is 2.12. The van der Waals surface area contributed by atoms with Crippen molar-refractivity contribution in [2.75, 3.05) is 6.54 Å². The lowest BCUT2D eigenvalue weighted by Gasteiger charge is -1.97. The summed E-state index contributed by atoms with van der Waals surface area (Å²) in [5.74, 6) is 2.22. The largest absolute Gasteiger partial charge is 0.340 e. The second-order valence-corrected chi connectivity index (χ2v) is 5.11. The van der Waals surface area contributed by atoms with Crippen LogP contribution >= 0.6 is 22.7 Å². The number of amides is 1. The summed E-state index contributed by atoms with van der Waals surface area (Å²) >= 11 is 3.00. The number of hydrogen-bond donors (Lipinski definition) is 1. The minimum atomic E-state index is -0.153. The topological polar surface area (TPSA) is 42.0 Å². The summed E-state index contributed by atoms with van der Waals surface area (Å²) in [5.41, 5.74) is 1.80. The van der Waals surface area contributed by atoms with Crippen molar-refractivity contribution >= 4 is 28.6 Å². The van der Waals surface area contributed by atoms with Crippen LogP contribution in [0.25, 0.3) is 10.6 Å². The molecule has 0 aliphatic carbocycles. The SMILES string of the molecule is C#CCNC(=O)c1sc(-c2ccsc2)nc1C. The van der Waals surface area contributed by atoms with E-state index in [-0.39, 0.29) is 12.5 Å². The van der Waals surface area contributed by atoms with Crippen LogP contribution in [0.5, 0.6) is 0 Å². The molecule has 17 heavy (non-hydrogen) atoms. The van der Waals surface area contributed by atoms with Gasteiger partial charge in [-0.3, -0.25) is 4.79 Å². The van der Waals surface area contributed by atoms with Gasteiger partial charge >= 0.3 is 0 Å². The number of nitrogens with one attached hydrogen (secondary N) is 1. The number of rotatable bonds is 3. The van der Waals surface area contributed by atoms with E-state index in [2.05, 4.69) is 16.2 Å². The van der Waals surface area contributed by atoms with Crippen LogP contribution in [0.1, 0.15) is 15.4 Å². The second-order valence-electron chi connectivity index (χ2n) is 3.33. The summed E-state index contributed by atoms with van der Waals surface area (Å²) in [7, 11) is 0. The zero-order valence-corrected chi connectivity index (χ0v) is 10.8. The van der Waals surface area contributed by atoms with Gasteiger partial charge < -0.3 is 5.32 Å². The molecule has 0 radical (unpaired) electrons. The summed E-state index contributed by atoms with van der Waals surface area (Å²) in [6.07, 6.45) is 5.10. The highest BCUT2D eigenvalue weighted by Gasteiger charge is 2.15. The molecular weight excluding hydrogens is 252 g/mol. The van der Waals surface area contributed by atoms with Gasteiger partial charge in [-0.25, -0.2) is 4.98 Å². The van der Waals surface area contributed by atoms with Gasteiger partial charge in [0.2, 0.25) is 0 Å². The smallest absolute Gasteiger partial charge is 0.264 e. The number of hydrogen-bond acceptors (Lipinski definition) is 4. The summed E-state index contributed by atoms with van der Waals surface area (Å²) in [6, 6.07) is 1.99. The molecule has 5 heteroatoms. The first kappa shape index (κ1) is 11.8. The van der Waals surface area contributed by atoms with Gasteiger partial charge in [-0.1, -0.05) is 5.92 Å². The molecule has 0 atom stereocenters. The Morgan fingerprint density at radius 2 is 2.47 bits per heavy atom. The predicted octanol–water partition coefficient (Wildman–Crippen LogP) is 2.54. The minimum absolute atomic E-state index is 0.153. The Bertz CT molecular complexity index is 564. The first-order valence-corrected chi connectivity index (χ1v) is 6.70. The number of aromatic nitrogens is 1. The Kier molecular flexibility index (Phi) is 3.57. The van der Waals surface area contributed by atoms with Crippen LogP contribution in [0, 0.1) is 19.3 Å². The standard InChI is InChI=1S/C12H10N2OS2/c1-3-5-13-11(15)10-8(2)14-12(17-10)9-4-6-16-7-9/h1,4,6-7H,5H2,2H3,(H,13,15). The van der Waals surface area contributed by atoms with E-state index in [1.807, 2.05) is 23.8 Å². The highest BCUT2D eigenvalue weighted by atomic mass is 32.1. The third-order valence-corrected chi connectivity index (χ3v) is 4.01. The van der Waals surface area contributed by atoms with Crippen LogP contribution in [0.4, 0.5) is 0 Å². The van der Waals surface area contributed by atoms with Gasteiger partial charge in [0.1, 0.15) is 9.88 Å². The molecule has 0 bridgehead atoms. The number of thiazole rings is 1. The summed E-state index contributed by atoms with van der Waals surface area (Å²) in [4.78, 5) is 16.8. The zero-order chi connectivity index (χ0) is 12.3. The highest BCUT2D eigenvalue weighted by Crippen LogP contribution is 2.29. The van der Waals surface area contributed by atoms with Crippen LogP contribution in [0.3, 0.4) is 0 Å². The molecular formula is C12H10N2OS2. The summed E-state index contributed by atoms with van der Waals surface area (Å²) in [6.45, 7) is 2.07. The molecule has 0 saturated heterocycles. The lowest BCUT2D eigenvalue weighted by molar-refractivity contribution is 0.0962. The fraction of sp³-hybridized carbons (Fsp3) is 0.167. The molecule has 2 rings (SSSR count). The first-order chi connectivity index (χ1) is 8.22. The van der Waals surface area contributed by atoms with Gasteiger partial charge in [0.05, 0.1) is 12.2 Å². The average Bonchev–Trinajstić information content (AvgIpc) is 2.94. The molecule has 86 valence electrons. The van der Waals surface area contributed by atoms with E-state index in [4.69, 9.17) is 6.42 Å². The Morgan fingerprint density at radius 3 is 3.12 bits per heavy atom. The number of carbonyl (C=O) groups is 1. The van der Waals surface area contributed by atoms with E-state index in [9.17, 15) is 4.79 Å². The molecule has 2 aromatic heterocycles. The van der Waals surface area contributed by atoms with E-state index in [0.717, 1.165) is 16.3 Å². The van der Waals surface area contributed by atoms with Gasteiger partial charge in [-0.05, 0) is 18.4 Å². The molecule has 1 N–H and O–H groups in total. The molecule has 0 spiro atoms. The van der Waals surface area contributed by atoms with Crippen LogP contribution < -0.4 is 5.32 Å². The van der Waals surface area contributed by atoms with Crippen molar-refractivity contribution in [1.82, 2.24) is 10.3 Å². The number of carbonyl (C=O) groups excluding carboxylic acids is 1. The summed E-state index contributed by atoms with van der Waals surface area (Å²) < 4.78 is 0. The van der Waals surface area contributed by atoms with E-state index >= 15 is 0 Å². The van der Waals surface area contributed by atoms with Crippen LogP contribution in [-0.2, 0) is 0 Å². The first-order valence-electron chi connectivity index (χ1n) is 4.94. The maximum Gasteiger partial charge on any atom is 0.264 e. The molecule has 0 aliphatic rings. The molecule has 1 amide bonds. The van der Waals surface area contributed by atoms with Crippen molar-refractivity contribution in [2.45, 2.75) is 6.92 Å². The van der Waals surface area contributed by atoms with Crippen molar-refractivity contribution in [3.05, 3.63) is 27.4 Å². The lowest BCUT2D eigenvalue weighted by atomic mass is 10.3. The molecule has 0 saturated carbocycles. The zero-order valence-electron chi connectivity index (χ0n) is 9.19. The quantitative estimate of drug-likeness (QED) is 0.864. The molecule has 0 fully saturated rings. The van der Waals surface area contributed by atoms with Crippen LogP contribution in [0.2, 0.25) is 0 Å². The number of thiophene rings is 1.